The third-order valence-corrected chi connectivity index (χ3v) is 5.09. The minimum atomic E-state index is -0.350. The van der Waals surface area contributed by atoms with Gasteiger partial charge in [-0.3, -0.25) is 4.79 Å². The predicted octanol–water partition coefficient (Wildman–Crippen LogP) is 4.19. The van der Waals surface area contributed by atoms with E-state index in [9.17, 15) is 4.79 Å². The Morgan fingerprint density at radius 2 is 1.97 bits per heavy atom. The van der Waals surface area contributed by atoms with Crippen molar-refractivity contribution in [1.29, 1.82) is 0 Å². The molecule has 1 aromatic heterocycles. The van der Waals surface area contributed by atoms with Crippen molar-refractivity contribution in [3.63, 3.8) is 0 Å². The van der Waals surface area contributed by atoms with Gasteiger partial charge in [-0.1, -0.05) is 29.8 Å². The highest BCUT2D eigenvalue weighted by Gasteiger charge is 2.14. The minimum Gasteiger partial charge on any atom is -0.378 e. The van der Waals surface area contributed by atoms with Crippen LogP contribution in [0.2, 0.25) is 5.02 Å². The molecule has 1 N–H and O–H groups in total. The number of nitrogens with zero attached hydrogens (tertiary/aromatic N) is 3. The van der Waals surface area contributed by atoms with Gasteiger partial charge in [0.05, 0.1) is 24.4 Å². The SMILES string of the molecule is Cc1ccc(NC(=O)c2cc(Cl)cnn2)cc1-c1cccc(N2CCOCC2)c1. The molecular weight excluding hydrogens is 388 g/mol. The van der Waals surface area contributed by atoms with E-state index in [1.165, 1.54) is 18.0 Å². The van der Waals surface area contributed by atoms with E-state index < -0.39 is 0 Å². The summed E-state index contributed by atoms with van der Waals surface area (Å²) in [6.45, 7) is 5.33. The van der Waals surface area contributed by atoms with Crippen molar-refractivity contribution in [2.45, 2.75) is 6.92 Å². The zero-order valence-electron chi connectivity index (χ0n) is 16.1. The molecule has 2 heterocycles. The number of carbonyl (C=O) groups is 1. The van der Waals surface area contributed by atoms with E-state index in [1.54, 1.807) is 0 Å². The van der Waals surface area contributed by atoms with E-state index in [0.717, 1.165) is 43.0 Å². The molecule has 1 aliphatic rings. The fourth-order valence-corrected chi connectivity index (χ4v) is 3.50. The topological polar surface area (TPSA) is 67.4 Å². The first-order valence-electron chi connectivity index (χ1n) is 9.43. The molecule has 6 nitrogen and oxygen atoms in total. The number of amides is 1. The smallest absolute Gasteiger partial charge is 0.276 e. The molecule has 29 heavy (non-hydrogen) atoms. The molecule has 1 fully saturated rings. The molecule has 0 unspecified atom stereocenters. The van der Waals surface area contributed by atoms with E-state index in [1.807, 2.05) is 18.2 Å². The summed E-state index contributed by atoms with van der Waals surface area (Å²) in [5, 5.41) is 10.8. The largest absolute Gasteiger partial charge is 0.378 e. The standard InChI is InChI=1S/C22H21ClN4O2/c1-15-5-6-18(25-22(28)21-12-17(23)14-24-26-21)13-20(15)16-3-2-4-19(11-16)27-7-9-29-10-8-27/h2-6,11-14H,7-10H2,1H3,(H,25,28). The Balaban J connectivity index is 1.59. The Morgan fingerprint density at radius 3 is 2.76 bits per heavy atom. The first kappa shape index (κ1) is 19.4. The lowest BCUT2D eigenvalue weighted by molar-refractivity contribution is 0.102. The maximum Gasteiger partial charge on any atom is 0.276 e. The summed E-state index contributed by atoms with van der Waals surface area (Å²) in [6.07, 6.45) is 1.39. The van der Waals surface area contributed by atoms with Gasteiger partial charge in [0.1, 0.15) is 0 Å². The molecule has 4 rings (SSSR count). The number of aryl methyl sites for hydroxylation is 1. The number of rotatable bonds is 4. The van der Waals surface area contributed by atoms with Gasteiger partial charge in [0.25, 0.3) is 5.91 Å². The second-order valence-corrected chi connectivity index (χ2v) is 7.33. The summed E-state index contributed by atoms with van der Waals surface area (Å²) in [7, 11) is 0. The maximum atomic E-state index is 12.5. The number of morpholine rings is 1. The number of anilines is 2. The van der Waals surface area contributed by atoms with Gasteiger partial charge in [-0.15, -0.1) is 5.10 Å². The molecule has 0 atom stereocenters. The molecule has 0 aliphatic carbocycles. The number of ether oxygens (including phenoxy) is 1. The monoisotopic (exact) mass is 408 g/mol. The number of hydrogen-bond donors (Lipinski definition) is 1. The fraction of sp³-hybridized carbons (Fsp3) is 0.227. The van der Waals surface area contributed by atoms with Crippen molar-refractivity contribution >= 4 is 28.9 Å². The van der Waals surface area contributed by atoms with Crippen LogP contribution < -0.4 is 10.2 Å². The highest BCUT2D eigenvalue weighted by atomic mass is 35.5. The van der Waals surface area contributed by atoms with E-state index >= 15 is 0 Å². The highest BCUT2D eigenvalue weighted by Crippen LogP contribution is 2.30. The molecule has 1 amide bonds. The Hall–Kier alpha value is -2.96. The van der Waals surface area contributed by atoms with E-state index in [-0.39, 0.29) is 11.6 Å². The average Bonchev–Trinajstić information content (AvgIpc) is 2.76. The van der Waals surface area contributed by atoms with E-state index in [0.29, 0.717) is 10.7 Å². The van der Waals surface area contributed by atoms with E-state index in [4.69, 9.17) is 16.3 Å². The van der Waals surface area contributed by atoms with Crippen LogP contribution in [0.3, 0.4) is 0 Å². The average molecular weight is 409 g/mol. The molecular formula is C22H21ClN4O2. The van der Waals surface area contributed by atoms with Crippen molar-refractivity contribution in [3.05, 3.63) is 71.0 Å². The molecule has 148 valence electrons. The molecule has 0 bridgehead atoms. The zero-order chi connectivity index (χ0) is 20.2. The van der Waals surface area contributed by atoms with Crippen LogP contribution in [-0.4, -0.2) is 42.4 Å². The third-order valence-electron chi connectivity index (χ3n) is 4.88. The van der Waals surface area contributed by atoms with Crippen LogP contribution in [0.5, 0.6) is 0 Å². The molecule has 0 saturated carbocycles. The molecule has 3 aromatic rings. The fourth-order valence-electron chi connectivity index (χ4n) is 3.35. The second-order valence-electron chi connectivity index (χ2n) is 6.89. The lowest BCUT2D eigenvalue weighted by atomic mass is 9.99. The number of aromatic nitrogens is 2. The Kier molecular flexibility index (Phi) is 5.74. The van der Waals surface area contributed by atoms with Crippen molar-refractivity contribution < 1.29 is 9.53 Å². The zero-order valence-corrected chi connectivity index (χ0v) is 16.8. The molecule has 0 radical (unpaired) electrons. The van der Waals surface area contributed by atoms with E-state index in [2.05, 4.69) is 51.6 Å². The predicted molar refractivity (Wildman–Crippen MR) is 115 cm³/mol. The van der Waals surface area contributed by atoms with Crippen LogP contribution in [0.1, 0.15) is 16.1 Å². The summed E-state index contributed by atoms with van der Waals surface area (Å²) >= 11 is 5.90. The van der Waals surface area contributed by atoms with Gasteiger partial charge < -0.3 is 15.0 Å². The van der Waals surface area contributed by atoms with Crippen molar-refractivity contribution in [2.24, 2.45) is 0 Å². The molecule has 0 spiro atoms. The Morgan fingerprint density at radius 1 is 1.14 bits per heavy atom. The van der Waals surface area contributed by atoms with Crippen LogP contribution in [0.25, 0.3) is 11.1 Å². The van der Waals surface area contributed by atoms with Gasteiger partial charge in [0.15, 0.2) is 5.69 Å². The van der Waals surface area contributed by atoms with Gasteiger partial charge >= 0.3 is 0 Å². The van der Waals surface area contributed by atoms with Crippen molar-refractivity contribution in [2.75, 3.05) is 36.5 Å². The van der Waals surface area contributed by atoms with Crippen molar-refractivity contribution in [1.82, 2.24) is 10.2 Å². The summed E-state index contributed by atoms with van der Waals surface area (Å²) in [4.78, 5) is 14.8. The number of halogens is 1. The number of nitrogens with one attached hydrogen (secondary N) is 1. The number of hydrogen-bond acceptors (Lipinski definition) is 5. The Labute approximate surface area is 174 Å². The van der Waals surface area contributed by atoms with Gasteiger partial charge in [-0.05, 0) is 53.9 Å². The van der Waals surface area contributed by atoms with Crippen LogP contribution in [0, 0.1) is 6.92 Å². The molecule has 1 saturated heterocycles. The summed E-state index contributed by atoms with van der Waals surface area (Å²) in [5.41, 5.74) is 5.34. The Bertz CT molecular complexity index is 1030. The van der Waals surface area contributed by atoms with Crippen LogP contribution in [0.4, 0.5) is 11.4 Å². The number of carbonyl (C=O) groups excluding carboxylic acids is 1. The first-order valence-corrected chi connectivity index (χ1v) is 9.81. The van der Waals surface area contributed by atoms with Gasteiger partial charge in [0, 0.05) is 24.5 Å². The summed E-state index contributed by atoms with van der Waals surface area (Å²) in [5.74, 6) is -0.350. The highest BCUT2D eigenvalue weighted by molar-refractivity contribution is 6.30. The lowest BCUT2D eigenvalue weighted by Crippen LogP contribution is -2.36. The quantitative estimate of drug-likeness (QED) is 0.701. The lowest BCUT2D eigenvalue weighted by Gasteiger charge is -2.29. The van der Waals surface area contributed by atoms with Crippen LogP contribution in [-0.2, 0) is 4.74 Å². The molecule has 7 heteroatoms. The van der Waals surface area contributed by atoms with Crippen LogP contribution >= 0.6 is 11.6 Å². The van der Waals surface area contributed by atoms with Gasteiger partial charge in [-0.25, -0.2) is 0 Å². The first-order chi connectivity index (χ1) is 14.1. The normalized spacial score (nSPS) is 13.9. The second kappa shape index (κ2) is 8.59. The number of benzene rings is 2. The van der Waals surface area contributed by atoms with Crippen molar-refractivity contribution in [3.8, 4) is 11.1 Å². The molecule has 1 aliphatic heterocycles. The summed E-state index contributed by atoms with van der Waals surface area (Å²) < 4.78 is 5.45. The van der Waals surface area contributed by atoms with Gasteiger partial charge in [0.2, 0.25) is 0 Å². The minimum absolute atomic E-state index is 0.175. The molecule has 2 aromatic carbocycles. The maximum absolute atomic E-state index is 12.5. The van der Waals surface area contributed by atoms with Gasteiger partial charge in [-0.2, -0.15) is 5.10 Å². The summed E-state index contributed by atoms with van der Waals surface area (Å²) in [6, 6.07) is 15.8. The van der Waals surface area contributed by atoms with Crippen LogP contribution in [0.15, 0.2) is 54.7 Å². The third kappa shape index (κ3) is 4.55.